The van der Waals surface area contributed by atoms with Gasteiger partial charge in [0.2, 0.25) is 0 Å². The molecule has 7 heteroatoms. The van der Waals surface area contributed by atoms with Crippen LogP contribution in [0.2, 0.25) is 0 Å². The van der Waals surface area contributed by atoms with Gasteiger partial charge in [0.1, 0.15) is 17.4 Å². The summed E-state index contributed by atoms with van der Waals surface area (Å²) >= 11 is 6.42. The number of nitrogens with zero attached hydrogens (tertiary/aromatic N) is 3. The first-order valence-corrected chi connectivity index (χ1v) is 7.51. The fourth-order valence-electron chi connectivity index (χ4n) is 2.75. The number of alkyl halides is 1. The minimum Gasteiger partial charge on any atom is -0.386 e. The van der Waals surface area contributed by atoms with Gasteiger partial charge in [-0.05, 0) is 24.5 Å². The fraction of sp³-hybridized carbons (Fsp3) is 0.375. The molecule has 0 amide bonds. The van der Waals surface area contributed by atoms with Crippen LogP contribution in [0.15, 0.2) is 30.7 Å². The Kier molecular flexibility index (Phi) is 3.86. The Bertz CT molecular complexity index is 782. The Morgan fingerprint density at radius 1 is 1.43 bits per heavy atom. The van der Waals surface area contributed by atoms with Crippen LogP contribution in [0.25, 0.3) is 0 Å². The molecule has 1 aliphatic rings. The molecular formula is C16H14ClF2N3O. The van der Waals surface area contributed by atoms with Gasteiger partial charge in [0.25, 0.3) is 0 Å². The van der Waals surface area contributed by atoms with Crippen LogP contribution in [0.4, 0.5) is 8.78 Å². The maximum Gasteiger partial charge on any atom is 0.162 e. The molecule has 1 fully saturated rings. The predicted molar refractivity (Wildman–Crippen MR) is 79.8 cm³/mol. The van der Waals surface area contributed by atoms with Gasteiger partial charge >= 0.3 is 0 Å². The molecule has 23 heavy (non-hydrogen) atoms. The highest BCUT2D eigenvalue weighted by atomic mass is 35.5. The van der Waals surface area contributed by atoms with E-state index in [1.54, 1.807) is 0 Å². The summed E-state index contributed by atoms with van der Waals surface area (Å²) in [4.78, 5) is 2.96. The van der Waals surface area contributed by atoms with Gasteiger partial charge in [0.15, 0.2) is 11.6 Å². The molecule has 0 aliphatic heterocycles. The Hall–Kier alpha value is -1.97. The number of hydrogen-bond donors (Lipinski definition) is 1. The van der Waals surface area contributed by atoms with E-state index in [9.17, 15) is 13.9 Å². The highest BCUT2D eigenvalue weighted by Crippen LogP contribution is 2.53. The highest BCUT2D eigenvalue weighted by Gasteiger charge is 2.58. The van der Waals surface area contributed by atoms with E-state index in [0.29, 0.717) is 12.8 Å². The third-order valence-corrected chi connectivity index (χ3v) is 5.03. The molecule has 1 N–H and O–H groups in total. The summed E-state index contributed by atoms with van der Waals surface area (Å²) in [7, 11) is 0. The predicted octanol–water partition coefficient (Wildman–Crippen LogP) is 2.78. The molecule has 0 spiro atoms. The molecule has 1 unspecified atom stereocenters. The van der Waals surface area contributed by atoms with Crippen molar-refractivity contribution in [1.29, 1.82) is 5.26 Å². The second-order valence-corrected chi connectivity index (χ2v) is 6.63. The molecule has 1 aliphatic carbocycles. The number of halogens is 3. The van der Waals surface area contributed by atoms with E-state index in [2.05, 4.69) is 4.98 Å². The van der Waals surface area contributed by atoms with Gasteiger partial charge in [-0.25, -0.2) is 13.8 Å². The maximum absolute atomic E-state index is 14.0. The van der Waals surface area contributed by atoms with E-state index in [-0.39, 0.29) is 24.2 Å². The minimum absolute atomic E-state index is 0.0185. The summed E-state index contributed by atoms with van der Waals surface area (Å²) in [5, 5.41) is 20.1. The minimum atomic E-state index is -1.52. The lowest BCUT2D eigenvalue weighted by atomic mass is 9.88. The number of benzene rings is 1. The average molecular weight is 338 g/mol. The first-order chi connectivity index (χ1) is 10.9. The fourth-order valence-corrected chi connectivity index (χ4v) is 2.97. The van der Waals surface area contributed by atoms with E-state index in [1.165, 1.54) is 29.2 Å². The average Bonchev–Trinajstić information content (AvgIpc) is 3.12. The van der Waals surface area contributed by atoms with Gasteiger partial charge in [0, 0.05) is 6.42 Å². The van der Waals surface area contributed by atoms with Crippen LogP contribution >= 0.6 is 11.6 Å². The lowest BCUT2D eigenvalue weighted by molar-refractivity contribution is 0.00984. The number of aromatic nitrogens is 2. The molecular weight excluding hydrogens is 324 g/mol. The van der Waals surface area contributed by atoms with Crippen molar-refractivity contribution in [3.8, 4) is 6.07 Å². The van der Waals surface area contributed by atoms with Crippen LogP contribution in [-0.4, -0.2) is 25.1 Å². The lowest BCUT2D eigenvalue weighted by Gasteiger charge is -2.34. The summed E-state index contributed by atoms with van der Waals surface area (Å²) in [5.74, 6) is -1.96. The van der Waals surface area contributed by atoms with Crippen LogP contribution in [0.1, 0.15) is 24.1 Å². The van der Waals surface area contributed by atoms with Crippen molar-refractivity contribution in [2.24, 2.45) is 0 Å². The van der Waals surface area contributed by atoms with Gasteiger partial charge in [-0.3, -0.25) is 0 Å². The number of nitriles is 1. The molecule has 1 aromatic heterocycles. The van der Waals surface area contributed by atoms with E-state index in [1.807, 2.05) is 6.07 Å². The van der Waals surface area contributed by atoms with Crippen LogP contribution in [0.5, 0.6) is 0 Å². The van der Waals surface area contributed by atoms with E-state index >= 15 is 0 Å². The van der Waals surface area contributed by atoms with Crippen molar-refractivity contribution in [1.82, 2.24) is 9.55 Å². The van der Waals surface area contributed by atoms with E-state index in [0.717, 1.165) is 6.07 Å². The summed E-state index contributed by atoms with van der Waals surface area (Å²) in [6.45, 7) is -0.0185. The van der Waals surface area contributed by atoms with Crippen LogP contribution in [0, 0.1) is 23.0 Å². The molecule has 3 rings (SSSR count). The quantitative estimate of drug-likeness (QED) is 0.853. The van der Waals surface area contributed by atoms with E-state index in [4.69, 9.17) is 16.9 Å². The van der Waals surface area contributed by atoms with Crippen molar-refractivity contribution in [3.05, 3.63) is 53.6 Å². The molecule has 2 aromatic rings. The topological polar surface area (TPSA) is 61.8 Å². The molecule has 1 aromatic carbocycles. The largest absolute Gasteiger partial charge is 0.386 e. The van der Waals surface area contributed by atoms with Gasteiger partial charge in [-0.15, -0.1) is 11.6 Å². The summed E-state index contributed by atoms with van der Waals surface area (Å²) in [5.41, 5.74) is -1.20. The van der Waals surface area contributed by atoms with Crippen molar-refractivity contribution in [3.63, 3.8) is 0 Å². The normalized spacial score (nSPS) is 18.2. The van der Waals surface area contributed by atoms with Crippen molar-refractivity contribution >= 4 is 11.6 Å². The zero-order chi connectivity index (χ0) is 16.7. The van der Waals surface area contributed by atoms with Crippen molar-refractivity contribution < 1.29 is 13.9 Å². The maximum atomic E-state index is 14.0. The molecule has 0 bridgehead atoms. The Balaban J connectivity index is 1.95. The first kappa shape index (κ1) is 15.9. The Morgan fingerprint density at radius 3 is 2.83 bits per heavy atom. The van der Waals surface area contributed by atoms with E-state index < -0.39 is 22.1 Å². The van der Waals surface area contributed by atoms with Crippen molar-refractivity contribution in [2.45, 2.75) is 36.3 Å². The molecule has 120 valence electrons. The summed E-state index contributed by atoms with van der Waals surface area (Å²) in [6.07, 6.45) is 3.77. The van der Waals surface area contributed by atoms with Gasteiger partial charge in [-0.2, -0.15) is 5.26 Å². The monoisotopic (exact) mass is 337 g/mol. The zero-order valence-electron chi connectivity index (χ0n) is 12.1. The zero-order valence-corrected chi connectivity index (χ0v) is 12.9. The van der Waals surface area contributed by atoms with Crippen LogP contribution in [0.3, 0.4) is 0 Å². The van der Waals surface area contributed by atoms with Gasteiger partial charge in [-0.1, -0.05) is 12.1 Å². The van der Waals surface area contributed by atoms with Crippen molar-refractivity contribution in [2.75, 3.05) is 0 Å². The summed E-state index contributed by atoms with van der Waals surface area (Å²) < 4.78 is 28.9. The first-order valence-electron chi connectivity index (χ1n) is 7.13. The van der Waals surface area contributed by atoms with Gasteiger partial charge < -0.3 is 9.67 Å². The molecule has 1 atom stereocenters. The standard InChI is InChI=1S/C16H14ClF2N3O/c17-15(4-5-15)16(23,9-22-10-21-8-12(22)7-20)6-11-2-1-3-13(18)14(11)19/h1-3,8,10,23H,4-6,9H2. The smallest absolute Gasteiger partial charge is 0.162 e. The van der Waals surface area contributed by atoms with Gasteiger partial charge in [0.05, 0.1) is 23.9 Å². The molecule has 0 radical (unpaired) electrons. The Labute approximate surface area is 136 Å². The molecule has 1 saturated carbocycles. The second-order valence-electron chi connectivity index (χ2n) is 5.91. The van der Waals surface area contributed by atoms with Crippen LogP contribution < -0.4 is 0 Å². The number of imidazole rings is 1. The number of aliphatic hydroxyl groups is 1. The van der Waals surface area contributed by atoms with Crippen LogP contribution in [-0.2, 0) is 13.0 Å². The second kappa shape index (κ2) is 5.59. The lowest BCUT2D eigenvalue weighted by Crippen LogP contribution is -2.47. The highest BCUT2D eigenvalue weighted by molar-refractivity contribution is 6.26. The number of rotatable bonds is 5. The molecule has 1 heterocycles. The SMILES string of the molecule is N#Cc1cncn1CC(O)(Cc1cccc(F)c1F)C1(Cl)CC1. The summed E-state index contributed by atoms with van der Waals surface area (Å²) in [6, 6.07) is 5.80. The number of hydrogen-bond acceptors (Lipinski definition) is 3. The molecule has 0 saturated heterocycles. The third-order valence-electron chi connectivity index (χ3n) is 4.30. The molecule has 4 nitrogen and oxygen atoms in total. The third kappa shape index (κ3) is 2.82. The Morgan fingerprint density at radius 2 is 2.17 bits per heavy atom.